The number of aliphatic hydroxyl groups is 3. The van der Waals surface area contributed by atoms with Crippen molar-refractivity contribution in [1.82, 2.24) is 0 Å². The molecule has 4 heteroatoms. The Bertz CT molecular complexity index is 645. The maximum absolute atomic E-state index is 10.8. The fourth-order valence-electron chi connectivity index (χ4n) is 5.96. The first kappa shape index (κ1) is 17.3. The largest absolute Gasteiger partial charge is 0.497 e. The smallest absolute Gasteiger partial charge is 0.119 e. The molecule has 2 saturated carbocycles. The van der Waals surface area contributed by atoms with Crippen LogP contribution in [0.3, 0.4) is 0 Å². The van der Waals surface area contributed by atoms with Gasteiger partial charge in [0.1, 0.15) is 5.75 Å². The second-order valence-electron chi connectivity index (χ2n) is 8.65. The molecule has 7 atom stereocenters. The Morgan fingerprint density at radius 3 is 2.60 bits per heavy atom. The average molecular weight is 346 g/mol. The predicted molar refractivity (Wildman–Crippen MR) is 95.6 cm³/mol. The van der Waals surface area contributed by atoms with Gasteiger partial charge in [0, 0.05) is 6.42 Å². The number of rotatable bonds is 1. The Morgan fingerprint density at radius 2 is 1.84 bits per heavy atom. The summed E-state index contributed by atoms with van der Waals surface area (Å²) in [5, 5.41) is 31.4. The summed E-state index contributed by atoms with van der Waals surface area (Å²) in [5.74, 6) is 2.13. The van der Waals surface area contributed by atoms with Crippen LogP contribution in [0.15, 0.2) is 18.2 Å². The summed E-state index contributed by atoms with van der Waals surface area (Å²) in [6, 6.07) is 6.43. The molecule has 4 rings (SSSR count). The number of hydrogen-bond donors (Lipinski definition) is 3. The molecular formula is C21H30O4. The zero-order chi connectivity index (χ0) is 17.8. The maximum atomic E-state index is 10.8. The molecule has 0 heterocycles. The molecule has 1 aromatic rings. The topological polar surface area (TPSA) is 69.9 Å². The molecule has 3 aliphatic carbocycles. The Balaban J connectivity index is 1.69. The molecule has 0 bridgehead atoms. The first-order valence-corrected chi connectivity index (χ1v) is 9.65. The molecule has 2 fully saturated rings. The molecule has 4 nitrogen and oxygen atoms in total. The van der Waals surface area contributed by atoms with Crippen LogP contribution in [0.5, 0.6) is 5.75 Å². The van der Waals surface area contributed by atoms with Crippen LogP contribution < -0.4 is 4.74 Å². The van der Waals surface area contributed by atoms with E-state index < -0.39 is 18.3 Å². The molecule has 0 unspecified atom stereocenters. The van der Waals surface area contributed by atoms with E-state index in [9.17, 15) is 15.3 Å². The summed E-state index contributed by atoms with van der Waals surface area (Å²) < 4.78 is 5.38. The van der Waals surface area contributed by atoms with Gasteiger partial charge in [-0.05, 0) is 78.5 Å². The van der Waals surface area contributed by atoms with E-state index in [0.717, 1.165) is 31.4 Å². The summed E-state index contributed by atoms with van der Waals surface area (Å²) in [6.45, 7) is 2.17. The summed E-state index contributed by atoms with van der Waals surface area (Å²) in [4.78, 5) is 0. The molecule has 0 saturated heterocycles. The van der Waals surface area contributed by atoms with Gasteiger partial charge in [-0.25, -0.2) is 0 Å². The third kappa shape index (κ3) is 2.70. The van der Waals surface area contributed by atoms with Crippen LogP contribution in [0.4, 0.5) is 0 Å². The monoisotopic (exact) mass is 346 g/mol. The highest BCUT2D eigenvalue weighted by Crippen LogP contribution is 2.58. The van der Waals surface area contributed by atoms with E-state index in [0.29, 0.717) is 24.7 Å². The highest BCUT2D eigenvalue weighted by molar-refractivity contribution is 5.40. The van der Waals surface area contributed by atoms with Gasteiger partial charge in [-0.2, -0.15) is 0 Å². The molecule has 3 aliphatic rings. The highest BCUT2D eigenvalue weighted by Gasteiger charge is 2.54. The Kier molecular flexibility index (Phi) is 4.33. The molecule has 0 amide bonds. The number of fused-ring (bicyclic) bond motifs is 5. The minimum Gasteiger partial charge on any atom is -0.497 e. The number of aliphatic hydroxyl groups excluding tert-OH is 3. The molecule has 3 N–H and O–H groups in total. The van der Waals surface area contributed by atoms with Crippen LogP contribution in [0.1, 0.15) is 56.1 Å². The first-order chi connectivity index (χ1) is 11.9. The van der Waals surface area contributed by atoms with Crippen molar-refractivity contribution in [3.05, 3.63) is 29.3 Å². The SMILES string of the molecule is COc1ccc2c(c1)CC[C@@H]1[C@@H]2CC[C@]2(C)[C@@H](O)C[C@@H](O)[C@@H](O)C[C@@H]12. The van der Waals surface area contributed by atoms with E-state index in [-0.39, 0.29) is 11.3 Å². The maximum Gasteiger partial charge on any atom is 0.119 e. The highest BCUT2D eigenvalue weighted by atomic mass is 16.5. The molecule has 1 aromatic carbocycles. The second-order valence-corrected chi connectivity index (χ2v) is 8.65. The van der Waals surface area contributed by atoms with Gasteiger partial charge in [-0.15, -0.1) is 0 Å². The normalized spacial score (nSPS) is 43.4. The van der Waals surface area contributed by atoms with E-state index >= 15 is 0 Å². The van der Waals surface area contributed by atoms with Crippen molar-refractivity contribution >= 4 is 0 Å². The fourth-order valence-corrected chi connectivity index (χ4v) is 5.96. The average Bonchev–Trinajstić information content (AvgIpc) is 2.70. The molecule has 138 valence electrons. The second kappa shape index (κ2) is 6.26. The number of aryl methyl sites for hydroxylation is 1. The van der Waals surface area contributed by atoms with Gasteiger partial charge in [0.05, 0.1) is 25.4 Å². The summed E-state index contributed by atoms with van der Waals surface area (Å²) in [7, 11) is 1.71. The van der Waals surface area contributed by atoms with E-state index in [1.54, 1.807) is 7.11 Å². The Labute approximate surface area is 149 Å². The summed E-state index contributed by atoms with van der Waals surface area (Å²) in [5.41, 5.74) is 2.61. The fraction of sp³-hybridized carbons (Fsp3) is 0.714. The number of hydrogen-bond acceptors (Lipinski definition) is 4. The zero-order valence-corrected chi connectivity index (χ0v) is 15.2. The number of ether oxygens (including phenoxy) is 1. The van der Waals surface area contributed by atoms with Crippen molar-refractivity contribution < 1.29 is 20.1 Å². The molecular weight excluding hydrogens is 316 g/mol. The van der Waals surface area contributed by atoms with Gasteiger partial charge in [0.2, 0.25) is 0 Å². The van der Waals surface area contributed by atoms with Gasteiger partial charge in [-0.1, -0.05) is 13.0 Å². The van der Waals surface area contributed by atoms with Crippen LogP contribution in [-0.4, -0.2) is 40.7 Å². The molecule has 0 aromatic heterocycles. The van der Waals surface area contributed by atoms with Crippen LogP contribution in [-0.2, 0) is 6.42 Å². The quantitative estimate of drug-likeness (QED) is 0.731. The van der Waals surface area contributed by atoms with Crippen molar-refractivity contribution in [1.29, 1.82) is 0 Å². The molecule has 0 aliphatic heterocycles. The summed E-state index contributed by atoms with van der Waals surface area (Å²) in [6.07, 6.45) is 2.94. The van der Waals surface area contributed by atoms with E-state index in [1.807, 2.05) is 0 Å². The van der Waals surface area contributed by atoms with E-state index in [2.05, 4.69) is 25.1 Å². The third-order valence-electron chi connectivity index (χ3n) is 7.54. The Hall–Kier alpha value is -1.10. The molecule has 25 heavy (non-hydrogen) atoms. The van der Waals surface area contributed by atoms with Crippen molar-refractivity contribution in [2.45, 2.75) is 69.7 Å². The van der Waals surface area contributed by atoms with Crippen molar-refractivity contribution in [2.24, 2.45) is 17.3 Å². The molecule has 0 spiro atoms. The lowest BCUT2D eigenvalue weighted by Gasteiger charge is -2.53. The van der Waals surface area contributed by atoms with E-state index in [1.165, 1.54) is 11.1 Å². The van der Waals surface area contributed by atoms with Crippen molar-refractivity contribution in [2.75, 3.05) is 7.11 Å². The van der Waals surface area contributed by atoms with Crippen molar-refractivity contribution in [3.63, 3.8) is 0 Å². The zero-order valence-electron chi connectivity index (χ0n) is 15.2. The standard InChI is InChI=1S/C21H30O4/c1-21-8-7-15-14-6-4-13(25-2)9-12(14)3-5-16(15)17(21)10-18(22)19(23)11-20(21)24/h4,6,9,15-20,22-24H,3,5,7-8,10-11H2,1-2H3/t15-,16-,17+,18+,19-,20+,21+/m1/s1. The van der Waals surface area contributed by atoms with Gasteiger partial charge >= 0.3 is 0 Å². The lowest BCUT2D eigenvalue weighted by Crippen LogP contribution is -2.48. The lowest BCUT2D eigenvalue weighted by molar-refractivity contribution is -0.0702. The number of benzene rings is 1. The van der Waals surface area contributed by atoms with Crippen LogP contribution in [0.25, 0.3) is 0 Å². The first-order valence-electron chi connectivity index (χ1n) is 9.65. The van der Waals surface area contributed by atoms with E-state index in [4.69, 9.17) is 4.74 Å². The van der Waals surface area contributed by atoms with Crippen molar-refractivity contribution in [3.8, 4) is 5.75 Å². The van der Waals surface area contributed by atoms with Gasteiger partial charge in [-0.3, -0.25) is 0 Å². The van der Waals surface area contributed by atoms with Gasteiger partial charge in [0.25, 0.3) is 0 Å². The number of methoxy groups -OCH3 is 1. The van der Waals surface area contributed by atoms with Crippen LogP contribution in [0, 0.1) is 17.3 Å². The van der Waals surface area contributed by atoms with Gasteiger partial charge in [0.15, 0.2) is 0 Å². The Morgan fingerprint density at radius 1 is 1.08 bits per heavy atom. The molecule has 0 radical (unpaired) electrons. The summed E-state index contributed by atoms with van der Waals surface area (Å²) >= 11 is 0. The van der Waals surface area contributed by atoms with Crippen LogP contribution in [0.2, 0.25) is 0 Å². The predicted octanol–water partition coefficient (Wildman–Crippen LogP) is 2.63. The minimum absolute atomic E-state index is 0.205. The minimum atomic E-state index is -0.809. The van der Waals surface area contributed by atoms with Gasteiger partial charge < -0.3 is 20.1 Å². The third-order valence-corrected chi connectivity index (χ3v) is 7.54. The lowest BCUT2D eigenvalue weighted by atomic mass is 9.52. The van der Waals surface area contributed by atoms with Crippen LogP contribution >= 0.6 is 0 Å².